The number of phosphoric acid groups is 2. The van der Waals surface area contributed by atoms with Gasteiger partial charge < -0.3 is 33.8 Å². The van der Waals surface area contributed by atoms with Crippen molar-refractivity contribution in [1.29, 1.82) is 0 Å². The molecule has 0 amide bonds. The zero-order valence-electron chi connectivity index (χ0n) is 54.7. The molecule has 0 bridgehead atoms. The van der Waals surface area contributed by atoms with Crippen molar-refractivity contribution in [1.82, 2.24) is 0 Å². The molecule has 0 heterocycles. The third-order valence-corrected chi connectivity index (χ3v) is 17.2. The van der Waals surface area contributed by atoms with Crippen LogP contribution in [0.25, 0.3) is 0 Å². The molecule has 0 saturated carbocycles. The van der Waals surface area contributed by atoms with Crippen molar-refractivity contribution < 1.29 is 80.2 Å². The molecule has 0 radical (unpaired) electrons. The molecule has 2 unspecified atom stereocenters. The summed E-state index contributed by atoms with van der Waals surface area (Å²) in [7, 11) is -9.89. The third kappa shape index (κ3) is 60.7. The van der Waals surface area contributed by atoms with E-state index in [4.69, 9.17) is 37.0 Å². The van der Waals surface area contributed by atoms with Gasteiger partial charge in [-0.05, 0) is 31.6 Å². The second kappa shape index (κ2) is 59.7. The van der Waals surface area contributed by atoms with Crippen LogP contribution in [0, 0.1) is 5.92 Å². The van der Waals surface area contributed by atoms with Crippen molar-refractivity contribution in [3.8, 4) is 0 Å². The van der Waals surface area contributed by atoms with Gasteiger partial charge >= 0.3 is 39.5 Å². The Morgan fingerprint density at radius 1 is 0.318 bits per heavy atom. The number of phosphoric ester groups is 2. The molecular formula is C66H128O17P2. The zero-order chi connectivity index (χ0) is 62.8. The van der Waals surface area contributed by atoms with Gasteiger partial charge in [-0.15, -0.1) is 0 Å². The van der Waals surface area contributed by atoms with Gasteiger partial charge in [0, 0.05) is 25.7 Å². The second-order valence-corrected chi connectivity index (χ2v) is 27.2. The number of aliphatic hydroxyl groups is 1. The number of hydrogen-bond donors (Lipinski definition) is 3. The Bertz CT molecular complexity index is 1650. The van der Waals surface area contributed by atoms with Gasteiger partial charge in [-0.1, -0.05) is 285 Å². The summed E-state index contributed by atoms with van der Waals surface area (Å²) in [5.41, 5.74) is 0. The van der Waals surface area contributed by atoms with Gasteiger partial charge in [0.2, 0.25) is 0 Å². The van der Waals surface area contributed by atoms with E-state index in [2.05, 4.69) is 34.6 Å². The first kappa shape index (κ1) is 83.1. The van der Waals surface area contributed by atoms with Crippen molar-refractivity contribution in [2.75, 3.05) is 39.6 Å². The standard InChI is InChI=1S/C66H128O17P2/c1-6-9-12-15-18-21-23-24-25-26-27-29-31-36-41-46-51-65(70)82-61(56-77-64(69)50-45-40-35-30-28-22-19-16-13-10-7-2)57-80-84(72,73)78-53-60(67)54-79-85(74,75)81-58-62(55-76-63(68)49-44-39-34-20-17-14-11-8-3)83-66(71)52-47-42-37-32-33-38-43-48-59(4)5/h59-62,67H,6-58H2,1-5H3,(H,72,73)(H,74,75)/t60-,61-,62-/m1/s1. The van der Waals surface area contributed by atoms with Gasteiger partial charge in [-0.25, -0.2) is 9.13 Å². The Labute approximate surface area is 517 Å². The summed E-state index contributed by atoms with van der Waals surface area (Å²) < 4.78 is 68.0. The molecule has 0 aliphatic carbocycles. The van der Waals surface area contributed by atoms with Crippen LogP contribution in [0.15, 0.2) is 0 Å². The van der Waals surface area contributed by atoms with E-state index in [0.717, 1.165) is 96.3 Å². The average Bonchev–Trinajstić information content (AvgIpc) is 3.53. The Kier molecular flexibility index (Phi) is 58.3. The van der Waals surface area contributed by atoms with E-state index >= 15 is 0 Å². The van der Waals surface area contributed by atoms with Crippen LogP contribution in [0.3, 0.4) is 0 Å². The lowest BCUT2D eigenvalue weighted by Gasteiger charge is -2.21. The summed E-state index contributed by atoms with van der Waals surface area (Å²) in [6, 6.07) is 0. The molecule has 0 aliphatic heterocycles. The Hall–Kier alpha value is -1.94. The van der Waals surface area contributed by atoms with E-state index < -0.39 is 97.5 Å². The smallest absolute Gasteiger partial charge is 0.462 e. The van der Waals surface area contributed by atoms with Crippen LogP contribution in [0.2, 0.25) is 0 Å². The fourth-order valence-corrected chi connectivity index (χ4v) is 11.5. The first-order valence-corrected chi connectivity index (χ1v) is 37.6. The van der Waals surface area contributed by atoms with Crippen molar-refractivity contribution in [2.24, 2.45) is 5.92 Å². The second-order valence-electron chi connectivity index (χ2n) is 24.3. The largest absolute Gasteiger partial charge is 0.472 e. The van der Waals surface area contributed by atoms with E-state index in [-0.39, 0.29) is 25.7 Å². The summed E-state index contributed by atoms with van der Waals surface area (Å²) in [5, 5.41) is 10.5. The maximum atomic E-state index is 13.0. The molecule has 0 aromatic rings. The van der Waals surface area contributed by atoms with Gasteiger partial charge in [0.15, 0.2) is 12.2 Å². The molecule has 0 aliphatic rings. The van der Waals surface area contributed by atoms with E-state index in [9.17, 15) is 43.2 Å². The molecule has 504 valence electrons. The highest BCUT2D eigenvalue weighted by Crippen LogP contribution is 2.45. The van der Waals surface area contributed by atoms with E-state index in [1.165, 1.54) is 154 Å². The fraction of sp³-hybridized carbons (Fsp3) is 0.939. The van der Waals surface area contributed by atoms with Crippen LogP contribution in [0.5, 0.6) is 0 Å². The van der Waals surface area contributed by atoms with E-state index in [0.29, 0.717) is 31.6 Å². The predicted octanol–water partition coefficient (Wildman–Crippen LogP) is 18.6. The Balaban J connectivity index is 5.21. The van der Waals surface area contributed by atoms with Crippen LogP contribution in [0.1, 0.15) is 336 Å². The van der Waals surface area contributed by atoms with Gasteiger partial charge in [0.1, 0.15) is 19.3 Å². The van der Waals surface area contributed by atoms with E-state index in [1.54, 1.807) is 0 Å². The number of aliphatic hydroxyl groups excluding tert-OH is 1. The fourth-order valence-electron chi connectivity index (χ4n) is 9.94. The molecule has 3 N–H and O–H groups in total. The molecular weight excluding hydrogens is 1130 g/mol. The van der Waals surface area contributed by atoms with Gasteiger partial charge in [0.25, 0.3) is 0 Å². The van der Waals surface area contributed by atoms with Crippen LogP contribution in [-0.4, -0.2) is 96.7 Å². The molecule has 0 spiro atoms. The zero-order valence-corrected chi connectivity index (χ0v) is 56.5. The molecule has 19 heteroatoms. The molecule has 85 heavy (non-hydrogen) atoms. The van der Waals surface area contributed by atoms with Crippen LogP contribution in [-0.2, 0) is 65.4 Å². The first-order valence-electron chi connectivity index (χ1n) is 34.6. The number of rotatable bonds is 66. The lowest BCUT2D eigenvalue weighted by Crippen LogP contribution is -2.30. The molecule has 0 aromatic heterocycles. The lowest BCUT2D eigenvalue weighted by atomic mass is 10.0. The number of ether oxygens (including phenoxy) is 4. The Morgan fingerprint density at radius 3 is 0.800 bits per heavy atom. The minimum Gasteiger partial charge on any atom is -0.462 e. The molecule has 17 nitrogen and oxygen atoms in total. The number of carbonyl (C=O) groups is 4. The highest BCUT2D eigenvalue weighted by atomic mass is 31.2. The Morgan fingerprint density at radius 2 is 0.541 bits per heavy atom. The highest BCUT2D eigenvalue weighted by molar-refractivity contribution is 7.47. The van der Waals surface area contributed by atoms with Crippen molar-refractivity contribution >= 4 is 39.5 Å². The SMILES string of the molecule is CCCCCCCCCCCCCCCCCCC(=O)O[C@H](COC(=O)CCCCCCCCCCCCC)COP(=O)(O)OC[C@@H](O)COP(=O)(O)OC[C@@H](COC(=O)CCCCCCCCCC)OC(=O)CCCCCCCCCC(C)C. The van der Waals surface area contributed by atoms with E-state index in [1.807, 2.05) is 0 Å². The molecule has 0 saturated heterocycles. The molecule has 5 atom stereocenters. The molecule has 0 aromatic carbocycles. The minimum atomic E-state index is -4.95. The average molecular weight is 1260 g/mol. The number of hydrogen-bond acceptors (Lipinski definition) is 15. The maximum absolute atomic E-state index is 13.0. The summed E-state index contributed by atoms with van der Waals surface area (Å²) in [4.78, 5) is 72.2. The van der Waals surface area contributed by atoms with Crippen LogP contribution in [0.4, 0.5) is 0 Å². The van der Waals surface area contributed by atoms with Crippen LogP contribution >= 0.6 is 15.6 Å². The quantitative estimate of drug-likeness (QED) is 0.0222. The number of carbonyl (C=O) groups excluding carboxylic acids is 4. The number of unbranched alkanes of at least 4 members (excludes halogenated alkanes) is 38. The monoisotopic (exact) mass is 1250 g/mol. The van der Waals surface area contributed by atoms with Crippen molar-refractivity contribution in [3.05, 3.63) is 0 Å². The topological polar surface area (TPSA) is 237 Å². The summed E-state index contributed by atoms with van der Waals surface area (Å²) in [6.45, 7) is 7.12. The van der Waals surface area contributed by atoms with Crippen LogP contribution < -0.4 is 0 Å². The summed E-state index contributed by atoms with van der Waals surface area (Å²) in [6.07, 6.45) is 44.5. The first-order chi connectivity index (χ1) is 41.0. The highest BCUT2D eigenvalue weighted by Gasteiger charge is 2.30. The van der Waals surface area contributed by atoms with Gasteiger partial charge in [0.05, 0.1) is 26.4 Å². The molecule has 0 rings (SSSR count). The lowest BCUT2D eigenvalue weighted by molar-refractivity contribution is -0.161. The minimum absolute atomic E-state index is 0.104. The van der Waals surface area contributed by atoms with Crippen molar-refractivity contribution in [3.63, 3.8) is 0 Å². The summed E-state index contributed by atoms with van der Waals surface area (Å²) >= 11 is 0. The third-order valence-electron chi connectivity index (χ3n) is 15.3. The van der Waals surface area contributed by atoms with Crippen molar-refractivity contribution in [2.45, 2.75) is 355 Å². The van der Waals surface area contributed by atoms with Gasteiger partial charge in [-0.3, -0.25) is 37.3 Å². The molecule has 0 fully saturated rings. The van der Waals surface area contributed by atoms with Gasteiger partial charge in [-0.2, -0.15) is 0 Å². The summed E-state index contributed by atoms with van der Waals surface area (Å²) in [5.74, 6) is -1.44. The predicted molar refractivity (Wildman–Crippen MR) is 340 cm³/mol. The normalized spacial score (nSPS) is 14.2. The maximum Gasteiger partial charge on any atom is 0.472 e. The number of esters is 4.